The summed E-state index contributed by atoms with van der Waals surface area (Å²) in [6.45, 7) is 5.12. The summed E-state index contributed by atoms with van der Waals surface area (Å²) >= 11 is 1.62. The van der Waals surface area contributed by atoms with E-state index in [0.29, 0.717) is 26.0 Å². The number of anilines is 1. The van der Waals surface area contributed by atoms with Crippen molar-refractivity contribution in [1.29, 1.82) is 0 Å². The van der Waals surface area contributed by atoms with Gasteiger partial charge in [0.2, 0.25) is 0 Å². The van der Waals surface area contributed by atoms with Crippen molar-refractivity contribution in [2.75, 3.05) is 18.1 Å². The molecule has 3 aromatic carbocycles. The highest BCUT2D eigenvalue weighted by Gasteiger charge is 2.33. The highest BCUT2D eigenvalue weighted by Crippen LogP contribution is 2.39. The van der Waals surface area contributed by atoms with Crippen LogP contribution >= 0.6 is 11.3 Å². The van der Waals surface area contributed by atoms with Gasteiger partial charge in [-0.2, -0.15) is 0 Å². The first-order valence-electron chi connectivity index (χ1n) is 12.0. The summed E-state index contributed by atoms with van der Waals surface area (Å²) in [4.78, 5) is 19.9. The average Bonchev–Trinajstić information content (AvgIpc) is 3.39. The van der Waals surface area contributed by atoms with Crippen LogP contribution in [0.5, 0.6) is 11.5 Å². The van der Waals surface area contributed by atoms with Gasteiger partial charge in [0.25, 0.3) is 5.91 Å². The first-order valence-corrected chi connectivity index (χ1v) is 12.8. The minimum absolute atomic E-state index is 0.00395. The van der Waals surface area contributed by atoms with Crippen LogP contribution in [0.4, 0.5) is 5.69 Å². The third-order valence-corrected chi connectivity index (χ3v) is 6.96. The highest BCUT2D eigenvalue weighted by atomic mass is 32.1. The largest absolute Gasteiger partial charge is 0.494 e. The molecule has 0 spiro atoms. The Morgan fingerprint density at radius 3 is 2.60 bits per heavy atom. The van der Waals surface area contributed by atoms with E-state index >= 15 is 0 Å². The molecule has 0 N–H and O–H groups in total. The number of carbonyl (C=O) groups is 1. The van der Waals surface area contributed by atoms with Crippen molar-refractivity contribution >= 4 is 22.9 Å². The van der Waals surface area contributed by atoms with E-state index in [9.17, 15) is 4.79 Å². The fourth-order valence-corrected chi connectivity index (χ4v) is 4.97. The Bertz CT molecular complexity index is 1300. The zero-order valence-electron chi connectivity index (χ0n) is 19.9. The van der Waals surface area contributed by atoms with Crippen LogP contribution in [-0.4, -0.2) is 30.1 Å². The summed E-state index contributed by atoms with van der Waals surface area (Å²) in [6, 6.07) is 24.2. The SMILES string of the molecule is CCC1Oc2ccc(-c3csc(-c4ccccc4)n3)cc2N(CCCOc2ccc(C)cc2)C1=O. The Balaban J connectivity index is 1.35. The van der Waals surface area contributed by atoms with Gasteiger partial charge in [0.1, 0.15) is 16.5 Å². The highest BCUT2D eigenvalue weighted by molar-refractivity contribution is 7.13. The van der Waals surface area contributed by atoms with E-state index < -0.39 is 6.10 Å². The van der Waals surface area contributed by atoms with E-state index in [1.54, 1.807) is 11.3 Å². The van der Waals surface area contributed by atoms with Crippen molar-refractivity contribution in [3.63, 3.8) is 0 Å². The van der Waals surface area contributed by atoms with Crippen LogP contribution in [-0.2, 0) is 4.79 Å². The summed E-state index contributed by atoms with van der Waals surface area (Å²) < 4.78 is 11.9. The number of hydrogen-bond donors (Lipinski definition) is 0. The molecule has 0 fully saturated rings. The first-order chi connectivity index (χ1) is 17.1. The Kier molecular flexibility index (Phi) is 6.82. The second-order valence-corrected chi connectivity index (χ2v) is 9.46. The van der Waals surface area contributed by atoms with Gasteiger partial charge < -0.3 is 14.4 Å². The number of aryl methyl sites for hydroxylation is 1. The van der Waals surface area contributed by atoms with Crippen molar-refractivity contribution in [3.05, 3.63) is 83.7 Å². The van der Waals surface area contributed by atoms with Crippen molar-refractivity contribution in [2.45, 2.75) is 32.8 Å². The molecular formula is C29H28N2O3S. The van der Waals surface area contributed by atoms with Crippen molar-refractivity contribution in [3.8, 4) is 33.3 Å². The van der Waals surface area contributed by atoms with Gasteiger partial charge in [0, 0.05) is 23.1 Å². The van der Waals surface area contributed by atoms with Crippen LogP contribution in [0.15, 0.2) is 78.2 Å². The lowest BCUT2D eigenvalue weighted by Gasteiger charge is -2.34. The molecule has 5 rings (SSSR count). The summed E-state index contributed by atoms with van der Waals surface area (Å²) in [5.74, 6) is 1.57. The molecule has 1 aromatic heterocycles. The number of thiazole rings is 1. The Labute approximate surface area is 210 Å². The van der Waals surface area contributed by atoms with Crippen LogP contribution in [0.3, 0.4) is 0 Å². The van der Waals surface area contributed by atoms with Gasteiger partial charge in [-0.1, -0.05) is 55.0 Å². The quantitative estimate of drug-likeness (QED) is 0.259. The lowest BCUT2D eigenvalue weighted by Crippen LogP contribution is -2.46. The molecular weight excluding hydrogens is 456 g/mol. The minimum Gasteiger partial charge on any atom is -0.494 e. The fraction of sp³-hybridized carbons (Fsp3) is 0.241. The maximum Gasteiger partial charge on any atom is 0.268 e. The zero-order chi connectivity index (χ0) is 24.2. The molecule has 4 aromatic rings. The van der Waals surface area contributed by atoms with E-state index in [0.717, 1.165) is 39.0 Å². The van der Waals surface area contributed by atoms with E-state index in [2.05, 4.69) is 24.4 Å². The number of hydrogen-bond acceptors (Lipinski definition) is 5. The van der Waals surface area contributed by atoms with Crippen molar-refractivity contribution in [2.24, 2.45) is 0 Å². The van der Waals surface area contributed by atoms with Gasteiger partial charge in [0.15, 0.2) is 6.10 Å². The third kappa shape index (κ3) is 5.08. The van der Waals surface area contributed by atoms with Crippen LogP contribution < -0.4 is 14.4 Å². The lowest BCUT2D eigenvalue weighted by molar-refractivity contribution is -0.126. The molecule has 5 nitrogen and oxygen atoms in total. The number of fused-ring (bicyclic) bond motifs is 1. The summed E-state index contributed by atoms with van der Waals surface area (Å²) in [5, 5.41) is 3.03. The lowest BCUT2D eigenvalue weighted by atomic mass is 10.1. The molecule has 0 radical (unpaired) electrons. The van der Waals surface area contributed by atoms with Gasteiger partial charge in [-0.05, 0) is 50.1 Å². The standard InChI is InChI=1S/C29H28N2O3S/c1-3-26-29(32)31(16-7-17-33-23-13-10-20(2)11-14-23)25-18-22(12-15-27(25)34-26)24-19-35-28(30-24)21-8-5-4-6-9-21/h4-6,8-15,18-19,26H,3,7,16-17H2,1-2H3. The van der Waals surface area contributed by atoms with Gasteiger partial charge >= 0.3 is 0 Å². The molecule has 178 valence electrons. The molecule has 1 atom stereocenters. The van der Waals surface area contributed by atoms with E-state index in [1.807, 2.05) is 72.5 Å². The molecule has 0 bridgehead atoms. The van der Waals surface area contributed by atoms with Crippen LogP contribution in [0.2, 0.25) is 0 Å². The number of aromatic nitrogens is 1. The second kappa shape index (κ2) is 10.3. The Morgan fingerprint density at radius 2 is 1.83 bits per heavy atom. The molecule has 35 heavy (non-hydrogen) atoms. The van der Waals surface area contributed by atoms with Crippen LogP contribution in [0.1, 0.15) is 25.3 Å². The number of nitrogens with zero attached hydrogens (tertiary/aromatic N) is 2. The number of amides is 1. The summed E-state index contributed by atoms with van der Waals surface area (Å²) in [5.41, 5.74) is 4.95. The van der Waals surface area contributed by atoms with Gasteiger partial charge in [-0.15, -0.1) is 11.3 Å². The molecule has 1 amide bonds. The molecule has 1 aliphatic rings. The maximum absolute atomic E-state index is 13.2. The number of carbonyl (C=O) groups excluding carboxylic acids is 1. The average molecular weight is 485 g/mol. The molecule has 0 saturated carbocycles. The second-order valence-electron chi connectivity index (χ2n) is 8.61. The van der Waals surface area contributed by atoms with E-state index in [4.69, 9.17) is 14.5 Å². The third-order valence-electron chi connectivity index (χ3n) is 6.07. The normalized spacial score (nSPS) is 15.0. The van der Waals surface area contributed by atoms with E-state index in [-0.39, 0.29) is 5.91 Å². The van der Waals surface area contributed by atoms with Crippen molar-refractivity contribution in [1.82, 2.24) is 4.98 Å². The van der Waals surface area contributed by atoms with Gasteiger partial charge in [-0.25, -0.2) is 4.98 Å². The number of ether oxygens (including phenoxy) is 2. The van der Waals surface area contributed by atoms with Gasteiger partial charge in [-0.3, -0.25) is 4.79 Å². The number of rotatable bonds is 8. The van der Waals surface area contributed by atoms with E-state index in [1.165, 1.54) is 5.56 Å². The zero-order valence-corrected chi connectivity index (χ0v) is 20.8. The minimum atomic E-state index is -0.463. The Hall–Kier alpha value is -3.64. The first kappa shape index (κ1) is 23.1. The molecule has 0 saturated heterocycles. The predicted molar refractivity (Wildman–Crippen MR) is 141 cm³/mol. The van der Waals surface area contributed by atoms with Crippen molar-refractivity contribution < 1.29 is 14.3 Å². The number of benzene rings is 3. The maximum atomic E-state index is 13.2. The fourth-order valence-electron chi connectivity index (χ4n) is 4.14. The van der Waals surface area contributed by atoms with Crippen LogP contribution in [0.25, 0.3) is 21.8 Å². The monoisotopic (exact) mass is 484 g/mol. The molecule has 0 aliphatic carbocycles. The molecule has 1 unspecified atom stereocenters. The molecule has 1 aliphatic heterocycles. The molecule has 6 heteroatoms. The topological polar surface area (TPSA) is 51.7 Å². The smallest absolute Gasteiger partial charge is 0.268 e. The molecule has 2 heterocycles. The summed E-state index contributed by atoms with van der Waals surface area (Å²) in [6.07, 6.45) is 0.882. The predicted octanol–water partition coefficient (Wildman–Crippen LogP) is 6.76. The summed E-state index contributed by atoms with van der Waals surface area (Å²) in [7, 11) is 0. The Morgan fingerprint density at radius 1 is 1.03 bits per heavy atom. The van der Waals surface area contributed by atoms with Crippen LogP contribution in [0, 0.1) is 6.92 Å². The van der Waals surface area contributed by atoms with Gasteiger partial charge in [0.05, 0.1) is 18.0 Å².